The van der Waals surface area contributed by atoms with Gasteiger partial charge in [-0.1, -0.05) is 0 Å². The summed E-state index contributed by atoms with van der Waals surface area (Å²) in [6.45, 7) is 2.65. The first kappa shape index (κ1) is 18.5. The molecule has 0 amide bonds. The lowest BCUT2D eigenvalue weighted by atomic mass is 9.87. The summed E-state index contributed by atoms with van der Waals surface area (Å²) in [5.41, 5.74) is 0.899. The van der Waals surface area contributed by atoms with Gasteiger partial charge in [0.25, 0.3) is 0 Å². The van der Waals surface area contributed by atoms with Gasteiger partial charge in [0.1, 0.15) is 23.7 Å². The van der Waals surface area contributed by atoms with Crippen LogP contribution in [0.5, 0.6) is 11.5 Å². The summed E-state index contributed by atoms with van der Waals surface area (Å²) < 4.78 is 5.87. The van der Waals surface area contributed by atoms with Crippen molar-refractivity contribution >= 4 is 17.1 Å². The number of phenols is 1. The van der Waals surface area contributed by atoms with Crippen molar-refractivity contribution in [2.24, 2.45) is 5.92 Å². The van der Waals surface area contributed by atoms with E-state index in [0.717, 1.165) is 31.2 Å². The predicted octanol–water partition coefficient (Wildman–Crippen LogP) is 3.07. The van der Waals surface area contributed by atoms with E-state index in [1.54, 1.807) is 35.6 Å². The van der Waals surface area contributed by atoms with E-state index < -0.39 is 6.10 Å². The highest BCUT2D eigenvalue weighted by Crippen LogP contribution is 2.32. The average Bonchev–Trinajstić information content (AvgIpc) is 3.20. The molecule has 144 valence electrons. The van der Waals surface area contributed by atoms with Gasteiger partial charge in [0, 0.05) is 33.8 Å². The van der Waals surface area contributed by atoms with Crippen molar-refractivity contribution < 1.29 is 19.7 Å². The average molecular weight is 388 g/mol. The molecule has 0 spiro atoms. The Bertz CT molecular complexity index is 816. The van der Waals surface area contributed by atoms with Crippen LogP contribution in [0.25, 0.3) is 0 Å². The van der Waals surface area contributed by atoms with Gasteiger partial charge in [-0.2, -0.15) is 0 Å². The number of hydrogen-bond acceptors (Lipinski definition) is 6. The molecule has 0 saturated heterocycles. The lowest BCUT2D eigenvalue weighted by molar-refractivity contribution is 0.0441. The van der Waals surface area contributed by atoms with E-state index in [0.29, 0.717) is 12.3 Å². The van der Waals surface area contributed by atoms with E-state index in [1.165, 1.54) is 9.75 Å². The molecule has 5 nitrogen and oxygen atoms in total. The van der Waals surface area contributed by atoms with Crippen molar-refractivity contribution in [3.63, 3.8) is 0 Å². The van der Waals surface area contributed by atoms with Crippen LogP contribution in [0.4, 0.5) is 0 Å². The molecule has 3 N–H and O–H groups in total. The number of carbonyl (C=O) groups excluding carboxylic acids is 1. The minimum absolute atomic E-state index is 0.0178. The summed E-state index contributed by atoms with van der Waals surface area (Å²) in [6, 6.07) is 8.49. The summed E-state index contributed by atoms with van der Waals surface area (Å²) in [6.07, 6.45) is 2.51. The van der Waals surface area contributed by atoms with Gasteiger partial charge < -0.3 is 20.3 Å². The first-order valence-electron chi connectivity index (χ1n) is 9.52. The molecule has 4 rings (SSSR count). The third-order valence-electron chi connectivity index (χ3n) is 5.59. The van der Waals surface area contributed by atoms with Crippen molar-refractivity contribution in [2.75, 3.05) is 6.54 Å². The van der Waals surface area contributed by atoms with Crippen LogP contribution < -0.4 is 10.1 Å². The Labute approximate surface area is 163 Å². The number of benzene rings is 1. The molecule has 2 aliphatic rings. The van der Waals surface area contributed by atoms with Crippen LogP contribution in [0.15, 0.2) is 30.3 Å². The molecule has 1 unspecified atom stereocenters. The Hall–Kier alpha value is -1.89. The van der Waals surface area contributed by atoms with Crippen LogP contribution in [-0.4, -0.2) is 40.8 Å². The van der Waals surface area contributed by atoms with Crippen LogP contribution >= 0.6 is 11.3 Å². The highest BCUT2D eigenvalue weighted by atomic mass is 32.1. The van der Waals surface area contributed by atoms with Gasteiger partial charge in [-0.3, -0.25) is 4.79 Å². The Morgan fingerprint density at radius 3 is 2.78 bits per heavy atom. The second-order valence-corrected chi connectivity index (χ2v) is 8.87. The van der Waals surface area contributed by atoms with Crippen molar-refractivity contribution in [1.82, 2.24) is 5.32 Å². The predicted molar refractivity (Wildman–Crippen MR) is 105 cm³/mol. The van der Waals surface area contributed by atoms with E-state index in [1.807, 2.05) is 13.0 Å². The molecule has 1 aromatic heterocycles. The number of aryl methyl sites for hydroxylation is 2. The van der Waals surface area contributed by atoms with Crippen molar-refractivity contribution in [2.45, 2.75) is 50.9 Å². The molecule has 2 aromatic rings. The summed E-state index contributed by atoms with van der Waals surface area (Å²) in [7, 11) is 0. The number of carbonyl (C=O) groups is 1. The molecule has 4 atom stereocenters. The van der Waals surface area contributed by atoms with Crippen LogP contribution in [0, 0.1) is 12.8 Å². The van der Waals surface area contributed by atoms with Gasteiger partial charge in [0.2, 0.25) is 0 Å². The fourth-order valence-electron chi connectivity index (χ4n) is 4.10. The number of fused-ring (bicyclic) bond motifs is 1. The van der Waals surface area contributed by atoms with Crippen LogP contribution in [-0.2, 0) is 6.42 Å². The number of aromatic hydroxyl groups is 1. The van der Waals surface area contributed by atoms with Crippen molar-refractivity contribution in [1.29, 1.82) is 0 Å². The Balaban J connectivity index is 1.31. The third-order valence-corrected chi connectivity index (χ3v) is 6.70. The van der Waals surface area contributed by atoms with Gasteiger partial charge in [0.15, 0.2) is 5.78 Å². The quantitative estimate of drug-likeness (QED) is 0.735. The number of rotatable bonds is 5. The maximum atomic E-state index is 12.7. The normalized spacial score (nSPS) is 27.6. The molecule has 1 saturated carbocycles. The Morgan fingerprint density at radius 2 is 2.00 bits per heavy atom. The summed E-state index contributed by atoms with van der Waals surface area (Å²) >= 11 is 1.73. The van der Waals surface area contributed by atoms with E-state index in [4.69, 9.17) is 4.74 Å². The molecule has 2 aliphatic carbocycles. The number of ether oxygens (including phenoxy) is 1. The molecule has 1 fully saturated rings. The van der Waals surface area contributed by atoms with Gasteiger partial charge in [0.05, 0.1) is 0 Å². The van der Waals surface area contributed by atoms with E-state index >= 15 is 0 Å². The Kier molecular flexibility index (Phi) is 5.21. The number of hydrogen-bond donors (Lipinski definition) is 3. The van der Waals surface area contributed by atoms with Gasteiger partial charge in [-0.05, 0) is 62.9 Å². The lowest BCUT2D eigenvalue weighted by Crippen LogP contribution is -2.44. The zero-order valence-corrected chi connectivity index (χ0v) is 16.2. The van der Waals surface area contributed by atoms with E-state index in [2.05, 4.69) is 5.32 Å². The fourth-order valence-corrected chi connectivity index (χ4v) is 5.15. The third kappa shape index (κ3) is 3.88. The molecule has 0 bridgehead atoms. The lowest BCUT2D eigenvalue weighted by Gasteiger charge is -2.25. The van der Waals surface area contributed by atoms with Gasteiger partial charge in [-0.15, -0.1) is 11.3 Å². The second kappa shape index (κ2) is 7.62. The topological polar surface area (TPSA) is 78.8 Å². The number of phenolic OH excluding ortho intramolecular Hbond substituents is 1. The zero-order valence-electron chi connectivity index (χ0n) is 15.4. The monoisotopic (exact) mass is 387 g/mol. The molecule has 1 heterocycles. The minimum Gasteiger partial charge on any atom is -0.508 e. The summed E-state index contributed by atoms with van der Waals surface area (Å²) in [5.74, 6) is 1.04. The van der Waals surface area contributed by atoms with Gasteiger partial charge in [-0.25, -0.2) is 0 Å². The minimum atomic E-state index is -0.614. The van der Waals surface area contributed by atoms with E-state index in [9.17, 15) is 15.0 Å². The highest BCUT2D eigenvalue weighted by molar-refractivity contribution is 7.12. The van der Waals surface area contributed by atoms with Crippen molar-refractivity contribution in [3.8, 4) is 11.5 Å². The van der Waals surface area contributed by atoms with Crippen LogP contribution in [0.2, 0.25) is 0 Å². The number of thiophene rings is 1. The summed E-state index contributed by atoms with van der Waals surface area (Å²) in [5, 5.41) is 23.4. The molecule has 0 radical (unpaired) electrons. The maximum Gasteiger partial charge on any atom is 0.168 e. The maximum absolute atomic E-state index is 12.7. The van der Waals surface area contributed by atoms with Crippen LogP contribution in [0.3, 0.4) is 0 Å². The Morgan fingerprint density at radius 1 is 1.22 bits per heavy atom. The SMILES string of the molecule is Cc1cc2c(s1)CCC(CN[C@@H]1CC[C@@H](Oc3ccc(O)cc3)[C@@H]1O)C2=O. The molecular formula is C21H25NO4S. The smallest absolute Gasteiger partial charge is 0.168 e. The highest BCUT2D eigenvalue weighted by Gasteiger charge is 2.37. The largest absolute Gasteiger partial charge is 0.508 e. The number of nitrogens with one attached hydrogen (secondary N) is 1. The molecule has 27 heavy (non-hydrogen) atoms. The molecule has 0 aliphatic heterocycles. The summed E-state index contributed by atoms with van der Waals surface area (Å²) in [4.78, 5) is 15.1. The first-order chi connectivity index (χ1) is 13.0. The van der Waals surface area contributed by atoms with E-state index in [-0.39, 0.29) is 29.6 Å². The molecular weight excluding hydrogens is 362 g/mol. The number of ketones is 1. The first-order valence-corrected chi connectivity index (χ1v) is 10.3. The standard InChI is InChI=1S/C21H25NO4S/c1-12-10-16-19(27-12)9-2-13(20(16)24)11-22-17-7-8-18(21(17)25)26-15-5-3-14(23)4-6-15/h3-6,10,13,17-18,21-23,25H,2,7-9,11H2,1H3/t13?,17-,18-,21-/m1/s1. The molecule has 1 aromatic carbocycles. The number of aliphatic hydroxyl groups excluding tert-OH is 1. The zero-order chi connectivity index (χ0) is 19.0. The number of Topliss-reactive ketones (excluding diaryl/α,β-unsaturated/α-hetero) is 1. The fraction of sp³-hybridized carbons (Fsp3) is 0.476. The van der Waals surface area contributed by atoms with Gasteiger partial charge >= 0.3 is 0 Å². The molecule has 6 heteroatoms. The van der Waals surface area contributed by atoms with Crippen LogP contribution in [0.1, 0.15) is 39.4 Å². The van der Waals surface area contributed by atoms with Crippen molar-refractivity contribution in [3.05, 3.63) is 45.6 Å². The second-order valence-electron chi connectivity index (χ2n) is 7.53. The number of aliphatic hydroxyl groups is 1.